The highest BCUT2D eigenvalue weighted by atomic mass is 35.5. The van der Waals surface area contributed by atoms with Crippen LogP contribution in [0.3, 0.4) is 0 Å². The van der Waals surface area contributed by atoms with Gasteiger partial charge in [-0.25, -0.2) is 4.79 Å². The molecule has 1 heterocycles. The normalized spacial score (nSPS) is 18.4. The van der Waals surface area contributed by atoms with Gasteiger partial charge in [-0.3, -0.25) is 0 Å². The van der Waals surface area contributed by atoms with Gasteiger partial charge in [0.05, 0.1) is 5.57 Å². The van der Waals surface area contributed by atoms with Crippen LogP contribution in [0.15, 0.2) is 46.5 Å². The van der Waals surface area contributed by atoms with Gasteiger partial charge in [-0.05, 0) is 48.2 Å². The van der Waals surface area contributed by atoms with Crippen molar-refractivity contribution in [3.8, 4) is 0 Å². The van der Waals surface area contributed by atoms with Gasteiger partial charge in [0.15, 0.2) is 0 Å². The van der Waals surface area contributed by atoms with E-state index >= 15 is 0 Å². The molecule has 0 aliphatic carbocycles. The number of hydrogen-bond acceptors (Lipinski definition) is 2. The fourth-order valence-electron chi connectivity index (χ4n) is 3.77. The highest BCUT2D eigenvalue weighted by Gasteiger charge is 2.38. The molecule has 0 bridgehead atoms. The number of allylic oxidation sites excluding steroid dienone is 3. The Hall–Kier alpha value is -1.31. The summed E-state index contributed by atoms with van der Waals surface area (Å²) in [5.74, 6) is -1.13. The molecule has 0 saturated carbocycles. The second-order valence-electron chi connectivity index (χ2n) is 7.06. The van der Waals surface area contributed by atoms with E-state index in [1.807, 2.05) is 31.2 Å². The van der Waals surface area contributed by atoms with Crippen molar-refractivity contribution < 1.29 is 9.90 Å². The van der Waals surface area contributed by atoms with Gasteiger partial charge in [-0.15, -0.1) is 0 Å². The molecule has 2 N–H and O–H groups in total. The average molecular weight is 380 g/mol. The summed E-state index contributed by atoms with van der Waals surface area (Å²) in [6, 6.07) is 7.61. The largest absolute Gasteiger partial charge is 0.478 e. The molecule has 0 saturated heterocycles. The predicted octanol–water partition coefficient (Wildman–Crippen LogP) is 5.92. The lowest BCUT2D eigenvalue weighted by atomic mass is 9.86. The van der Waals surface area contributed by atoms with E-state index in [1.54, 1.807) is 0 Å². The number of nitrogens with one attached hydrogen (secondary N) is 1. The van der Waals surface area contributed by atoms with E-state index in [2.05, 4.69) is 39.9 Å². The molecule has 1 aliphatic heterocycles. The Labute approximate surface area is 156 Å². The van der Waals surface area contributed by atoms with Gasteiger partial charge in [0, 0.05) is 22.3 Å². The van der Waals surface area contributed by atoms with Crippen molar-refractivity contribution in [1.82, 2.24) is 5.32 Å². The maximum Gasteiger partial charge on any atom is 0.334 e. The van der Waals surface area contributed by atoms with Crippen LogP contribution in [-0.2, 0) is 4.79 Å². The second-order valence-corrected chi connectivity index (χ2v) is 10.9. The van der Waals surface area contributed by atoms with Crippen LogP contribution < -0.4 is 5.32 Å². The summed E-state index contributed by atoms with van der Waals surface area (Å²) in [5.41, 5.74) is 4.11. The first-order valence-electron chi connectivity index (χ1n) is 8.60. The fraction of sp³-hybridized carbons (Fsp3) is 0.450. The van der Waals surface area contributed by atoms with Gasteiger partial charge >= 0.3 is 5.97 Å². The van der Waals surface area contributed by atoms with Crippen molar-refractivity contribution in [2.24, 2.45) is 0 Å². The Bertz CT molecular complexity index is 729. The number of carbonyl (C=O) groups is 1. The van der Waals surface area contributed by atoms with Crippen LogP contribution in [0.1, 0.15) is 53.0 Å². The second kappa shape index (κ2) is 7.93. The summed E-state index contributed by atoms with van der Waals surface area (Å²) in [7, 11) is -0.503. The van der Waals surface area contributed by atoms with E-state index in [-0.39, 0.29) is 5.92 Å². The third-order valence-corrected chi connectivity index (χ3v) is 8.14. The maximum atomic E-state index is 12.1. The zero-order valence-electron chi connectivity index (χ0n) is 15.7. The average Bonchev–Trinajstić information content (AvgIpc) is 2.48. The smallest absolute Gasteiger partial charge is 0.334 e. The van der Waals surface area contributed by atoms with Crippen LogP contribution >= 0.6 is 19.5 Å². The van der Waals surface area contributed by atoms with E-state index in [1.165, 1.54) is 5.31 Å². The van der Waals surface area contributed by atoms with Crippen LogP contribution in [0.25, 0.3) is 0 Å². The number of halogens is 1. The molecule has 1 unspecified atom stereocenters. The van der Waals surface area contributed by atoms with Gasteiger partial charge in [0.25, 0.3) is 0 Å². The molecule has 0 radical (unpaired) electrons. The van der Waals surface area contributed by atoms with E-state index in [4.69, 9.17) is 11.6 Å². The van der Waals surface area contributed by atoms with Gasteiger partial charge < -0.3 is 10.4 Å². The number of dihydropyridines is 1. The first-order chi connectivity index (χ1) is 11.6. The Morgan fingerprint density at radius 3 is 2.24 bits per heavy atom. The van der Waals surface area contributed by atoms with E-state index in [9.17, 15) is 9.90 Å². The van der Waals surface area contributed by atoms with Crippen molar-refractivity contribution in [2.45, 2.75) is 58.8 Å². The third kappa shape index (κ3) is 4.10. The standard InChI is InChI=1S/C20H27ClNO2P/c1-11(2)25(12(3)4)19-14(6)22-13(5)17(20(23)24)18(19)15-8-7-9-16(21)10-15/h7-12,18,22H,1-6H3,(H,23,24). The predicted molar refractivity (Wildman–Crippen MR) is 108 cm³/mol. The van der Waals surface area contributed by atoms with Gasteiger partial charge in [0.2, 0.25) is 0 Å². The van der Waals surface area contributed by atoms with E-state index in [0.29, 0.717) is 27.6 Å². The lowest BCUT2D eigenvalue weighted by Gasteiger charge is -2.39. The zero-order chi connectivity index (χ0) is 18.9. The molecule has 1 aliphatic rings. The minimum atomic E-state index is -0.873. The number of carboxylic acids is 1. The van der Waals surface area contributed by atoms with Crippen LogP contribution in [0.5, 0.6) is 0 Å². The van der Waals surface area contributed by atoms with Crippen molar-refractivity contribution in [2.75, 3.05) is 0 Å². The number of carboxylic acid groups (broad SMARTS) is 1. The van der Waals surface area contributed by atoms with Crippen LogP contribution in [-0.4, -0.2) is 22.4 Å². The molecule has 1 atom stereocenters. The molecule has 1 aromatic carbocycles. The quantitative estimate of drug-likeness (QED) is 0.624. The lowest BCUT2D eigenvalue weighted by Crippen LogP contribution is -2.29. The molecular weight excluding hydrogens is 353 g/mol. The molecule has 3 nitrogen and oxygen atoms in total. The topological polar surface area (TPSA) is 49.3 Å². The first kappa shape index (κ1) is 20.0. The molecule has 136 valence electrons. The Kier molecular flexibility index (Phi) is 6.35. The third-order valence-electron chi connectivity index (χ3n) is 4.53. The number of benzene rings is 1. The number of rotatable bonds is 5. The zero-order valence-corrected chi connectivity index (χ0v) is 17.4. The van der Waals surface area contributed by atoms with Crippen LogP contribution in [0.2, 0.25) is 5.02 Å². The molecule has 5 heteroatoms. The highest BCUT2D eigenvalue weighted by molar-refractivity contribution is 7.63. The Balaban J connectivity index is 2.73. The van der Waals surface area contributed by atoms with E-state index in [0.717, 1.165) is 11.3 Å². The molecule has 0 spiro atoms. The van der Waals surface area contributed by atoms with Gasteiger partial charge in [0.1, 0.15) is 0 Å². The minimum Gasteiger partial charge on any atom is -0.478 e. The first-order valence-corrected chi connectivity index (χ1v) is 10.5. The molecule has 0 amide bonds. The molecule has 1 aromatic rings. The SMILES string of the molecule is CC1=C(C(=O)O)C(c2cccc(Cl)c2)C(P(C(C)C)C(C)C)=C(C)N1. The fourth-order valence-corrected chi connectivity index (χ4v) is 7.30. The molecule has 0 fully saturated rings. The molecular formula is C20H27ClNO2P. The van der Waals surface area contributed by atoms with Crippen molar-refractivity contribution in [3.63, 3.8) is 0 Å². The van der Waals surface area contributed by atoms with Crippen LogP contribution in [0, 0.1) is 0 Å². The summed E-state index contributed by atoms with van der Waals surface area (Å²) < 4.78 is 0. The van der Waals surface area contributed by atoms with Crippen LogP contribution in [0.4, 0.5) is 0 Å². The maximum absolute atomic E-state index is 12.1. The molecule has 0 aromatic heterocycles. The van der Waals surface area contributed by atoms with Crippen molar-refractivity contribution in [1.29, 1.82) is 0 Å². The van der Waals surface area contributed by atoms with Crippen molar-refractivity contribution >= 4 is 25.5 Å². The number of aliphatic carboxylic acids is 1. The monoisotopic (exact) mass is 379 g/mol. The van der Waals surface area contributed by atoms with E-state index < -0.39 is 13.9 Å². The summed E-state index contributed by atoms with van der Waals surface area (Å²) in [4.78, 5) is 12.1. The molecule has 25 heavy (non-hydrogen) atoms. The summed E-state index contributed by atoms with van der Waals surface area (Å²) in [6.07, 6.45) is 0. The molecule has 2 rings (SSSR count). The highest BCUT2D eigenvalue weighted by Crippen LogP contribution is 2.61. The van der Waals surface area contributed by atoms with Crippen molar-refractivity contribution in [3.05, 3.63) is 57.1 Å². The van der Waals surface area contributed by atoms with Gasteiger partial charge in [-0.1, -0.05) is 59.4 Å². The minimum absolute atomic E-state index is 0.256. The number of hydrogen-bond donors (Lipinski definition) is 2. The Morgan fingerprint density at radius 1 is 1.16 bits per heavy atom. The lowest BCUT2D eigenvalue weighted by molar-refractivity contribution is -0.133. The summed E-state index contributed by atoms with van der Waals surface area (Å²) in [6.45, 7) is 12.8. The van der Waals surface area contributed by atoms with Gasteiger partial charge in [-0.2, -0.15) is 0 Å². The Morgan fingerprint density at radius 2 is 1.76 bits per heavy atom. The summed E-state index contributed by atoms with van der Waals surface area (Å²) in [5, 5.41) is 15.1. The summed E-state index contributed by atoms with van der Waals surface area (Å²) >= 11 is 6.23.